The van der Waals surface area contributed by atoms with Crippen LogP contribution >= 0.6 is 0 Å². The molecule has 1 aromatic heterocycles. The van der Waals surface area contributed by atoms with E-state index in [4.69, 9.17) is 9.47 Å². The van der Waals surface area contributed by atoms with Gasteiger partial charge in [-0.2, -0.15) is 0 Å². The summed E-state index contributed by atoms with van der Waals surface area (Å²) in [5, 5.41) is 0. The number of aromatic amines is 1. The van der Waals surface area contributed by atoms with Gasteiger partial charge in [0.25, 0.3) is 5.91 Å². The van der Waals surface area contributed by atoms with Crippen LogP contribution in [0.2, 0.25) is 0 Å². The number of amides is 1. The second-order valence-electron chi connectivity index (χ2n) is 7.91. The zero-order valence-electron chi connectivity index (χ0n) is 18.2. The van der Waals surface area contributed by atoms with Crippen LogP contribution in [0.4, 0.5) is 0 Å². The maximum absolute atomic E-state index is 13.5. The molecule has 0 unspecified atom stereocenters. The van der Waals surface area contributed by atoms with Gasteiger partial charge >= 0.3 is 0 Å². The minimum absolute atomic E-state index is 0.0621. The maximum atomic E-state index is 13.5. The van der Waals surface area contributed by atoms with Crippen molar-refractivity contribution in [2.24, 2.45) is 0 Å². The summed E-state index contributed by atoms with van der Waals surface area (Å²) in [6.45, 7) is 2.70. The summed E-state index contributed by atoms with van der Waals surface area (Å²) >= 11 is 0. The number of nitrogens with one attached hydrogen (secondary N) is 1. The molecule has 0 radical (unpaired) electrons. The third kappa shape index (κ3) is 4.96. The molecule has 0 saturated carbocycles. The quantitative estimate of drug-likeness (QED) is 0.448. The highest BCUT2D eigenvalue weighted by Gasteiger charge is 2.24. The number of fused-ring (bicyclic) bond motifs is 1. The van der Waals surface area contributed by atoms with Crippen molar-refractivity contribution < 1.29 is 14.3 Å². The average molecular weight is 440 g/mol. The summed E-state index contributed by atoms with van der Waals surface area (Å²) in [7, 11) is 0. The SMILES string of the molecule is O=C(C(=Cc1cccc(OCc2ccccc2)c1)c1nc2ccccc2[nH]1)N1CCOCC1. The predicted octanol–water partition coefficient (Wildman–Crippen LogP) is 4.54. The Balaban J connectivity index is 1.46. The van der Waals surface area contributed by atoms with Gasteiger partial charge in [0.05, 0.1) is 29.8 Å². The monoisotopic (exact) mass is 439 g/mol. The number of nitrogens with zero attached hydrogens (tertiary/aromatic N) is 2. The Morgan fingerprint density at radius 3 is 2.61 bits per heavy atom. The lowest BCUT2D eigenvalue weighted by atomic mass is 10.1. The van der Waals surface area contributed by atoms with Crippen molar-refractivity contribution in [1.29, 1.82) is 0 Å². The largest absolute Gasteiger partial charge is 0.489 e. The van der Waals surface area contributed by atoms with Crippen molar-refractivity contribution in [2.75, 3.05) is 26.3 Å². The molecule has 4 aromatic rings. The Labute approximate surface area is 192 Å². The second-order valence-corrected chi connectivity index (χ2v) is 7.91. The summed E-state index contributed by atoms with van der Waals surface area (Å²) in [6.07, 6.45) is 1.88. The Bertz CT molecular complexity index is 1240. The number of para-hydroxylation sites is 2. The third-order valence-corrected chi connectivity index (χ3v) is 5.59. The normalized spacial score (nSPS) is 14.4. The Morgan fingerprint density at radius 2 is 1.79 bits per heavy atom. The maximum Gasteiger partial charge on any atom is 0.257 e. The van der Waals surface area contributed by atoms with E-state index in [1.54, 1.807) is 0 Å². The van der Waals surface area contributed by atoms with E-state index < -0.39 is 0 Å². The van der Waals surface area contributed by atoms with E-state index in [1.807, 2.05) is 89.8 Å². The van der Waals surface area contributed by atoms with E-state index in [2.05, 4.69) is 9.97 Å². The number of ether oxygens (including phenoxy) is 2. The molecule has 1 aliphatic rings. The van der Waals surface area contributed by atoms with Gasteiger partial charge < -0.3 is 19.4 Å². The minimum atomic E-state index is -0.0621. The molecule has 6 heteroatoms. The van der Waals surface area contributed by atoms with Crippen molar-refractivity contribution >= 4 is 28.6 Å². The third-order valence-electron chi connectivity index (χ3n) is 5.59. The van der Waals surface area contributed by atoms with E-state index >= 15 is 0 Å². The summed E-state index contributed by atoms with van der Waals surface area (Å²) in [5.74, 6) is 1.24. The van der Waals surface area contributed by atoms with Crippen molar-refractivity contribution in [3.05, 3.63) is 95.8 Å². The molecule has 0 spiro atoms. The minimum Gasteiger partial charge on any atom is -0.489 e. The van der Waals surface area contributed by atoms with E-state index in [0.29, 0.717) is 44.3 Å². The van der Waals surface area contributed by atoms with Crippen molar-refractivity contribution in [3.63, 3.8) is 0 Å². The lowest BCUT2D eigenvalue weighted by Gasteiger charge is -2.27. The molecule has 2 heterocycles. The molecule has 0 atom stereocenters. The van der Waals surface area contributed by atoms with Gasteiger partial charge in [0.1, 0.15) is 18.2 Å². The molecule has 1 fully saturated rings. The van der Waals surface area contributed by atoms with Crippen LogP contribution in [-0.2, 0) is 16.1 Å². The van der Waals surface area contributed by atoms with Gasteiger partial charge in [-0.3, -0.25) is 4.79 Å². The van der Waals surface area contributed by atoms with Crippen LogP contribution in [0.15, 0.2) is 78.9 Å². The molecule has 6 nitrogen and oxygen atoms in total. The van der Waals surface area contributed by atoms with Crippen molar-refractivity contribution in [2.45, 2.75) is 6.61 Å². The molecule has 1 saturated heterocycles. The first-order chi connectivity index (χ1) is 16.3. The second kappa shape index (κ2) is 9.71. The molecule has 0 bridgehead atoms. The lowest BCUT2D eigenvalue weighted by molar-refractivity contribution is -0.128. The zero-order valence-corrected chi connectivity index (χ0v) is 18.2. The highest BCUT2D eigenvalue weighted by Crippen LogP contribution is 2.24. The summed E-state index contributed by atoms with van der Waals surface area (Å²) in [5.41, 5.74) is 4.22. The molecule has 3 aromatic carbocycles. The number of imidazole rings is 1. The van der Waals surface area contributed by atoms with Crippen molar-refractivity contribution in [3.8, 4) is 5.75 Å². The van der Waals surface area contributed by atoms with Crippen LogP contribution in [0.3, 0.4) is 0 Å². The van der Waals surface area contributed by atoms with E-state index in [1.165, 1.54) is 0 Å². The first-order valence-corrected chi connectivity index (χ1v) is 11.1. The fourth-order valence-electron chi connectivity index (χ4n) is 3.85. The van der Waals surface area contributed by atoms with Gasteiger partial charge in [-0.1, -0.05) is 54.6 Å². The molecule has 1 N–H and O–H groups in total. The van der Waals surface area contributed by atoms with Crippen LogP contribution in [-0.4, -0.2) is 47.1 Å². The van der Waals surface area contributed by atoms with E-state index in [0.717, 1.165) is 27.9 Å². The fourth-order valence-corrected chi connectivity index (χ4v) is 3.85. The number of carbonyl (C=O) groups excluding carboxylic acids is 1. The molecule has 5 rings (SSSR count). The average Bonchev–Trinajstić information content (AvgIpc) is 3.31. The standard InChI is InChI=1S/C27H25N3O3/c31-27(30-13-15-32-16-14-30)23(26-28-24-11-4-5-12-25(24)29-26)18-21-9-6-10-22(17-21)33-19-20-7-2-1-3-8-20/h1-12,17-18H,13-16,19H2,(H,28,29). The van der Waals surface area contributed by atoms with Crippen LogP contribution in [0.1, 0.15) is 17.0 Å². The molecular formula is C27H25N3O3. The van der Waals surface area contributed by atoms with Gasteiger partial charge in [-0.15, -0.1) is 0 Å². The molecule has 166 valence electrons. The number of morpholine rings is 1. The van der Waals surface area contributed by atoms with Gasteiger partial charge in [-0.05, 0) is 41.5 Å². The van der Waals surface area contributed by atoms with Gasteiger partial charge in [0, 0.05) is 13.1 Å². The topological polar surface area (TPSA) is 67.5 Å². The molecule has 0 aliphatic carbocycles. The van der Waals surface area contributed by atoms with Crippen LogP contribution in [0.25, 0.3) is 22.7 Å². The lowest BCUT2D eigenvalue weighted by Crippen LogP contribution is -2.41. The zero-order chi connectivity index (χ0) is 22.5. The summed E-state index contributed by atoms with van der Waals surface area (Å²) in [4.78, 5) is 23.3. The van der Waals surface area contributed by atoms with Gasteiger partial charge in [0.2, 0.25) is 0 Å². The molecule has 1 aliphatic heterocycles. The number of benzene rings is 3. The predicted molar refractivity (Wildman–Crippen MR) is 129 cm³/mol. The molecule has 1 amide bonds. The van der Waals surface area contributed by atoms with Gasteiger partial charge in [-0.25, -0.2) is 4.98 Å². The fraction of sp³-hybridized carbons (Fsp3) is 0.185. The Kier molecular flexibility index (Phi) is 6.17. The number of H-pyrrole nitrogens is 1. The Hall–Kier alpha value is -3.90. The summed E-state index contributed by atoms with van der Waals surface area (Å²) in [6, 6.07) is 25.6. The van der Waals surface area contributed by atoms with E-state index in [-0.39, 0.29) is 5.91 Å². The van der Waals surface area contributed by atoms with Gasteiger partial charge in [0.15, 0.2) is 0 Å². The number of aromatic nitrogens is 2. The number of hydrogen-bond donors (Lipinski definition) is 1. The van der Waals surface area contributed by atoms with E-state index in [9.17, 15) is 4.79 Å². The molecular weight excluding hydrogens is 414 g/mol. The first kappa shape index (κ1) is 21.0. The smallest absolute Gasteiger partial charge is 0.257 e. The Morgan fingerprint density at radius 1 is 1.00 bits per heavy atom. The highest BCUT2D eigenvalue weighted by molar-refractivity contribution is 6.23. The number of hydrogen-bond acceptors (Lipinski definition) is 4. The van der Waals surface area contributed by atoms with Crippen LogP contribution < -0.4 is 4.74 Å². The number of carbonyl (C=O) groups is 1. The van der Waals surface area contributed by atoms with Crippen molar-refractivity contribution in [1.82, 2.24) is 14.9 Å². The van der Waals surface area contributed by atoms with Crippen LogP contribution in [0.5, 0.6) is 5.75 Å². The summed E-state index contributed by atoms with van der Waals surface area (Å²) < 4.78 is 11.4. The first-order valence-electron chi connectivity index (χ1n) is 11.1. The highest BCUT2D eigenvalue weighted by atomic mass is 16.5. The van der Waals surface area contributed by atoms with Crippen LogP contribution in [0, 0.1) is 0 Å². The number of rotatable bonds is 6. The molecule has 33 heavy (non-hydrogen) atoms.